The highest BCUT2D eigenvalue weighted by Crippen LogP contribution is 2.42. The first kappa shape index (κ1) is 21.4. The van der Waals surface area contributed by atoms with Crippen molar-refractivity contribution in [3.05, 3.63) is 59.2 Å². The average molecular weight is 396 g/mol. The molecule has 3 heterocycles. The van der Waals surface area contributed by atoms with Gasteiger partial charge in [0.15, 0.2) is 0 Å². The Hall–Kier alpha value is -2.27. The van der Waals surface area contributed by atoms with Gasteiger partial charge >= 0.3 is 5.97 Å². The summed E-state index contributed by atoms with van der Waals surface area (Å²) in [5, 5.41) is 0. The number of hydrogen-bond donors (Lipinski definition) is 0. The molecule has 5 heteroatoms. The van der Waals surface area contributed by atoms with Gasteiger partial charge in [0.05, 0.1) is 30.1 Å². The van der Waals surface area contributed by atoms with Gasteiger partial charge in [-0.05, 0) is 82.7 Å². The normalized spacial score (nSPS) is 19.8. The van der Waals surface area contributed by atoms with E-state index in [9.17, 15) is 4.79 Å². The van der Waals surface area contributed by atoms with Gasteiger partial charge in [-0.15, -0.1) is 0 Å². The van der Waals surface area contributed by atoms with Gasteiger partial charge in [-0.1, -0.05) is 12.1 Å². The SMILES string of the molecule is CCOC(=O)CCCCN1[C@@H](c2ncccc2C)CCC[C@H]1c1ncccc1C. The number of esters is 1. The molecule has 1 aliphatic heterocycles. The van der Waals surface area contributed by atoms with Crippen molar-refractivity contribution in [2.45, 2.75) is 71.4 Å². The van der Waals surface area contributed by atoms with E-state index in [1.807, 2.05) is 31.5 Å². The van der Waals surface area contributed by atoms with E-state index in [4.69, 9.17) is 14.7 Å². The Morgan fingerprint density at radius 2 is 1.62 bits per heavy atom. The molecular formula is C24H33N3O2. The van der Waals surface area contributed by atoms with Crippen LogP contribution in [0, 0.1) is 13.8 Å². The van der Waals surface area contributed by atoms with E-state index in [2.05, 4.69) is 30.9 Å². The number of hydrogen-bond acceptors (Lipinski definition) is 5. The minimum Gasteiger partial charge on any atom is -0.466 e. The van der Waals surface area contributed by atoms with E-state index in [1.165, 1.54) is 28.9 Å². The maximum Gasteiger partial charge on any atom is 0.305 e. The summed E-state index contributed by atoms with van der Waals surface area (Å²) in [6.45, 7) is 7.53. The number of piperidine rings is 1. The molecule has 3 rings (SSSR count). The first-order valence-corrected chi connectivity index (χ1v) is 10.9. The molecule has 2 aromatic heterocycles. The summed E-state index contributed by atoms with van der Waals surface area (Å²) < 4.78 is 5.07. The van der Waals surface area contributed by atoms with Crippen LogP contribution in [-0.4, -0.2) is 34.0 Å². The molecule has 0 bridgehead atoms. The Labute approximate surface area is 174 Å². The lowest BCUT2D eigenvalue weighted by molar-refractivity contribution is -0.143. The first-order valence-electron chi connectivity index (χ1n) is 10.9. The molecule has 5 nitrogen and oxygen atoms in total. The summed E-state index contributed by atoms with van der Waals surface area (Å²) in [5.74, 6) is -0.0969. The number of nitrogens with zero attached hydrogens (tertiary/aromatic N) is 3. The minimum atomic E-state index is -0.0969. The molecular weight excluding hydrogens is 362 g/mol. The number of carbonyl (C=O) groups excluding carboxylic acids is 1. The molecule has 1 aliphatic rings. The van der Waals surface area contributed by atoms with Crippen LogP contribution in [0.15, 0.2) is 36.7 Å². The number of pyridine rings is 2. The second kappa shape index (κ2) is 10.5. The summed E-state index contributed by atoms with van der Waals surface area (Å²) in [6, 6.07) is 8.89. The van der Waals surface area contributed by atoms with Crippen LogP contribution in [0.1, 0.15) is 80.0 Å². The Morgan fingerprint density at radius 3 is 2.14 bits per heavy atom. The van der Waals surface area contributed by atoms with Crippen LogP contribution in [0.4, 0.5) is 0 Å². The predicted octanol–water partition coefficient (Wildman–Crippen LogP) is 5.10. The lowest BCUT2D eigenvalue weighted by Crippen LogP contribution is -2.38. The molecule has 0 aromatic carbocycles. The van der Waals surface area contributed by atoms with Crippen molar-refractivity contribution in [1.29, 1.82) is 0 Å². The number of aryl methyl sites for hydroxylation is 2. The van der Waals surface area contributed by atoms with Crippen molar-refractivity contribution in [2.75, 3.05) is 13.2 Å². The van der Waals surface area contributed by atoms with Gasteiger partial charge in [-0.3, -0.25) is 19.7 Å². The monoisotopic (exact) mass is 395 g/mol. The average Bonchev–Trinajstić information content (AvgIpc) is 2.72. The van der Waals surface area contributed by atoms with Gasteiger partial charge in [-0.2, -0.15) is 0 Å². The van der Waals surface area contributed by atoms with E-state index < -0.39 is 0 Å². The quantitative estimate of drug-likeness (QED) is 0.460. The van der Waals surface area contributed by atoms with E-state index in [0.717, 1.165) is 32.2 Å². The zero-order chi connectivity index (χ0) is 20.6. The predicted molar refractivity (Wildman–Crippen MR) is 114 cm³/mol. The van der Waals surface area contributed by atoms with Gasteiger partial charge in [0, 0.05) is 18.8 Å². The van der Waals surface area contributed by atoms with E-state index in [0.29, 0.717) is 25.1 Å². The third kappa shape index (κ3) is 5.41. The second-order valence-electron chi connectivity index (χ2n) is 7.87. The van der Waals surface area contributed by atoms with Crippen molar-refractivity contribution < 1.29 is 9.53 Å². The van der Waals surface area contributed by atoms with Crippen LogP contribution in [0.3, 0.4) is 0 Å². The second-order valence-corrected chi connectivity index (χ2v) is 7.87. The Morgan fingerprint density at radius 1 is 1.03 bits per heavy atom. The van der Waals surface area contributed by atoms with Crippen LogP contribution in [0.5, 0.6) is 0 Å². The standard InChI is InChI=1S/C24H33N3O2/c1-4-29-22(28)14-5-6-17-27-20(23-18(2)10-8-15-25-23)12-7-13-21(27)24-19(3)11-9-16-26-24/h8-11,15-16,20-21H,4-7,12-14,17H2,1-3H3/t20-,21+. The summed E-state index contributed by atoms with van der Waals surface area (Å²) in [4.78, 5) is 23.8. The van der Waals surface area contributed by atoms with Crippen molar-refractivity contribution in [2.24, 2.45) is 0 Å². The lowest BCUT2D eigenvalue weighted by Gasteiger charge is -2.42. The fourth-order valence-corrected chi connectivity index (χ4v) is 4.44. The minimum absolute atomic E-state index is 0.0969. The van der Waals surface area contributed by atoms with Crippen molar-refractivity contribution >= 4 is 5.97 Å². The molecule has 0 N–H and O–H groups in total. The highest BCUT2D eigenvalue weighted by molar-refractivity contribution is 5.69. The van der Waals surface area contributed by atoms with Gasteiger partial charge in [0.2, 0.25) is 0 Å². The third-order valence-corrected chi connectivity index (χ3v) is 5.84. The highest BCUT2D eigenvalue weighted by atomic mass is 16.5. The van der Waals surface area contributed by atoms with Crippen LogP contribution in [0.2, 0.25) is 0 Å². The molecule has 2 aromatic rings. The number of rotatable bonds is 8. The van der Waals surface area contributed by atoms with Gasteiger partial charge < -0.3 is 4.74 Å². The molecule has 1 fully saturated rings. The number of carbonyl (C=O) groups is 1. The number of unbranched alkanes of at least 4 members (excludes halogenated alkanes) is 1. The lowest BCUT2D eigenvalue weighted by atomic mass is 9.88. The first-order chi connectivity index (χ1) is 14.1. The summed E-state index contributed by atoms with van der Waals surface area (Å²) in [5.41, 5.74) is 4.84. The topological polar surface area (TPSA) is 55.3 Å². The van der Waals surface area contributed by atoms with Gasteiger partial charge in [0.1, 0.15) is 0 Å². The van der Waals surface area contributed by atoms with Gasteiger partial charge in [0.25, 0.3) is 0 Å². The van der Waals surface area contributed by atoms with Crippen LogP contribution in [0.25, 0.3) is 0 Å². The van der Waals surface area contributed by atoms with Crippen LogP contribution in [-0.2, 0) is 9.53 Å². The Balaban J connectivity index is 1.80. The van der Waals surface area contributed by atoms with E-state index in [-0.39, 0.29) is 5.97 Å². The van der Waals surface area contributed by atoms with Crippen molar-refractivity contribution in [1.82, 2.24) is 14.9 Å². The third-order valence-electron chi connectivity index (χ3n) is 5.84. The van der Waals surface area contributed by atoms with E-state index >= 15 is 0 Å². The Bertz CT molecular complexity index is 755. The molecule has 156 valence electrons. The molecule has 0 spiro atoms. The fourth-order valence-electron chi connectivity index (χ4n) is 4.44. The Kier molecular flexibility index (Phi) is 7.76. The number of likely N-dealkylation sites (tertiary alicyclic amines) is 1. The zero-order valence-electron chi connectivity index (χ0n) is 17.9. The highest BCUT2D eigenvalue weighted by Gasteiger charge is 2.34. The smallest absolute Gasteiger partial charge is 0.305 e. The molecule has 1 saturated heterocycles. The zero-order valence-corrected chi connectivity index (χ0v) is 17.9. The summed E-state index contributed by atoms with van der Waals surface area (Å²) in [7, 11) is 0. The largest absolute Gasteiger partial charge is 0.466 e. The number of ether oxygens (including phenoxy) is 1. The maximum absolute atomic E-state index is 11.7. The summed E-state index contributed by atoms with van der Waals surface area (Å²) in [6.07, 6.45) is 9.48. The van der Waals surface area contributed by atoms with Crippen molar-refractivity contribution in [3.8, 4) is 0 Å². The molecule has 0 saturated carbocycles. The van der Waals surface area contributed by atoms with Crippen LogP contribution >= 0.6 is 0 Å². The van der Waals surface area contributed by atoms with Crippen molar-refractivity contribution in [3.63, 3.8) is 0 Å². The molecule has 0 amide bonds. The van der Waals surface area contributed by atoms with E-state index in [1.54, 1.807) is 0 Å². The molecule has 0 aliphatic carbocycles. The molecule has 29 heavy (non-hydrogen) atoms. The molecule has 2 atom stereocenters. The maximum atomic E-state index is 11.7. The van der Waals surface area contributed by atoms with Gasteiger partial charge in [-0.25, -0.2) is 0 Å². The number of aromatic nitrogens is 2. The fraction of sp³-hybridized carbons (Fsp3) is 0.542. The molecule has 0 radical (unpaired) electrons. The van der Waals surface area contributed by atoms with Crippen LogP contribution < -0.4 is 0 Å². The molecule has 0 unspecified atom stereocenters. The summed E-state index contributed by atoms with van der Waals surface area (Å²) >= 11 is 0.